The summed E-state index contributed by atoms with van der Waals surface area (Å²) in [4.78, 5) is 16.8. The highest BCUT2D eigenvalue weighted by Gasteiger charge is 2.42. The van der Waals surface area contributed by atoms with Crippen molar-refractivity contribution in [2.75, 3.05) is 6.61 Å². The van der Waals surface area contributed by atoms with Crippen molar-refractivity contribution in [1.29, 1.82) is 0 Å². The first-order chi connectivity index (χ1) is 12.9. The minimum absolute atomic E-state index is 0.0595. The molecule has 1 N–H and O–H groups in total. The molecule has 4 rings (SSSR count). The Labute approximate surface area is 154 Å². The Kier molecular flexibility index (Phi) is 4.57. The largest absolute Gasteiger partial charge is 0.491 e. The normalized spacial score (nSPS) is 22.2. The van der Waals surface area contributed by atoms with Crippen LogP contribution in [0.1, 0.15) is 36.0 Å². The van der Waals surface area contributed by atoms with Gasteiger partial charge in [0.05, 0.1) is 30.7 Å². The molecule has 2 aromatic rings. The van der Waals surface area contributed by atoms with Crippen LogP contribution in [0, 0.1) is 5.92 Å². The van der Waals surface area contributed by atoms with E-state index < -0.39 is 18.1 Å². The molecule has 1 aliphatic heterocycles. The van der Waals surface area contributed by atoms with Gasteiger partial charge in [-0.3, -0.25) is 4.79 Å². The van der Waals surface area contributed by atoms with Crippen molar-refractivity contribution in [2.24, 2.45) is 5.92 Å². The summed E-state index contributed by atoms with van der Waals surface area (Å²) < 4.78 is 46.6. The molecule has 5 nitrogen and oxygen atoms in total. The second kappa shape index (κ2) is 6.90. The van der Waals surface area contributed by atoms with E-state index in [-0.39, 0.29) is 18.7 Å². The topological polar surface area (TPSA) is 56.2 Å². The van der Waals surface area contributed by atoms with Crippen molar-refractivity contribution in [1.82, 2.24) is 14.9 Å². The van der Waals surface area contributed by atoms with Crippen LogP contribution in [-0.4, -0.2) is 34.3 Å². The van der Waals surface area contributed by atoms with Gasteiger partial charge in [0.15, 0.2) is 0 Å². The summed E-state index contributed by atoms with van der Waals surface area (Å²) in [6.07, 6.45) is 0.324. The Morgan fingerprint density at radius 3 is 2.96 bits per heavy atom. The molecule has 0 bridgehead atoms. The third kappa shape index (κ3) is 3.65. The van der Waals surface area contributed by atoms with Crippen LogP contribution in [0.25, 0.3) is 11.3 Å². The lowest BCUT2D eigenvalue weighted by atomic mass is 9.85. The molecule has 1 saturated carbocycles. The molecule has 1 aliphatic carbocycles. The van der Waals surface area contributed by atoms with Gasteiger partial charge >= 0.3 is 6.18 Å². The number of amides is 1. The third-order valence-corrected chi connectivity index (χ3v) is 5.29. The standard InChI is InChI=1S/C19H20F3N3O2/c20-19(21,22)13-2-1-3-14(9-13)24-18(26)12-4-5-17-15(8-12)16-10-23-11-25(16)6-7-27-17/h4-5,8,10-11,13-14H,1-3,6-7,9H2,(H,24,26). The number of halogens is 3. The maximum atomic E-state index is 13.0. The fourth-order valence-corrected chi connectivity index (χ4v) is 3.86. The van der Waals surface area contributed by atoms with E-state index in [0.717, 1.165) is 11.3 Å². The molecule has 1 aromatic heterocycles. The zero-order chi connectivity index (χ0) is 19.0. The highest BCUT2D eigenvalue weighted by molar-refractivity contribution is 5.96. The Morgan fingerprint density at radius 1 is 1.30 bits per heavy atom. The van der Waals surface area contributed by atoms with Gasteiger partial charge in [-0.1, -0.05) is 6.42 Å². The number of alkyl halides is 3. The van der Waals surface area contributed by atoms with Gasteiger partial charge in [-0.15, -0.1) is 0 Å². The molecule has 0 spiro atoms. The number of rotatable bonds is 2. The van der Waals surface area contributed by atoms with Crippen LogP contribution in [-0.2, 0) is 6.54 Å². The first-order valence-electron chi connectivity index (χ1n) is 9.07. The van der Waals surface area contributed by atoms with Crippen molar-refractivity contribution < 1.29 is 22.7 Å². The van der Waals surface area contributed by atoms with Crippen molar-refractivity contribution in [3.05, 3.63) is 36.3 Å². The summed E-state index contributed by atoms with van der Waals surface area (Å²) in [6, 6.07) is 4.63. The second-order valence-corrected chi connectivity index (χ2v) is 7.11. The molecule has 2 atom stereocenters. The van der Waals surface area contributed by atoms with Crippen molar-refractivity contribution in [3.8, 4) is 17.0 Å². The molecule has 2 unspecified atom stereocenters. The van der Waals surface area contributed by atoms with E-state index in [9.17, 15) is 18.0 Å². The Morgan fingerprint density at radius 2 is 2.15 bits per heavy atom. The van der Waals surface area contributed by atoms with Gasteiger partial charge in [-0.25, -0.2) is 4.98 Å². The van der Waals surface area contributed by atoms with E-state index in [4.69, 9.17) is 4.74 Å². The first kappa shape index (κ1) is 17.9. The number of benzene rings is 1. The second-order valence-electron chi connectivity index (χ2n) is 7.11. The molecular weight excluding hydrogens is 359 g/mol. The smallest absolute Gasteiger partial charge is 0.391 e. The summed E-state index contributed by atoms with van der Waals surface area (Å²) in [5.74, 6) is -1.03. The van der Waals surface area contributed by atoms with Crippen LogP contribution in [0.2, 0.25) is 0 Å². The number of nitrogens with one attached hydrogen (secondary N) is 1. The van der Waals surface area contributed by atoms with Gasteiger partial charge in [-0.2, -0.15) is 13.2 Å². The van der Waals surface area contributed by atoms with Crippen LogP contribution in [0.15, 0.2) is 30.7 Å². The molecule has 1 amide bonds. The molecule has 1 fully saturated rings. The first-order valence-corrected chi connectivity index (χ1v) is 9.07. The number of ether oxygens (including phenoxy) is 1. The van der Waals surface area contributed by atoms with Gasteiger partial charge < -0.3 is 14.6 Å². The number of carbonyl (C=O) groups is 1. The minimum Gasteiger partial charge on any atom is -0.491 e. The summed E-state index contributed by atoms with van der Waals surface area (Å²) in [6.45, 7) is 1.16. The molecule has 27 heavy (non-hydrogen) atoms. The number of hydrogen-bond donors (Lipinski definition) is 1. The zero-order valence-corrected chi connectivity index (χ0v) is 14.6. The van der Waals surface area contributed by atoms with E-state index in [1.54, 1.807) is 30.7 Å². The fourth-order valence-electron chi connectivity index (χ4n) is 3.86. The lowest BCUT2D eigenvalue weighted by Crippen LogP contribution is -2.41. The molecule has 0 saturated heterocycles. The Hall–Kier alpha value is -2.51. The molecule has 2 heterocycles. The highest BCUT2D eigenvalue weighted by Crippen LogP contribution is 2.38. The average Bonchev–Trinajstić information content (AvgIpc) is 3.03. The molecule has 144 valence electrons. The van der Waals surface area contributed by atoms with E-state index >= 15 is 0 Å². The number of carbonyl (C=O) groups excluding carboxylic acids is 1. The Balaban J connectivity index is 1.53. The SMILES string of the molecule is O=C(NC1CCCC(C(F)(F)F)C1)c1ccc2c(c1)-c1cncn1CCO2. The number of hydrogen-bond acceptors (Lipinski definition) is 3. The van der Waals surface area contributed by atoms with Crippen LogP contribution < -0.4 is 10.1 Å². The number of nitrogens with zero attached hydrogens (tertiary/aromatic N) is 2. The zero-order valence-electron chi connectivity index (χ0n) is 14.6. The molecule has 2 aliphatic rings. The fraction of sp³-hybridized carbons (Fsp3) is 0.474. The maximum absolute atomic E-state index is 13.0. The van der Waals surface area contributed by atoms with Crippen molar-refractivity contribution >= 4 is 5.91 Å². The molecule has 8 heteroatoms. The number of imidazole rings is 1. The van der Waals surface area contributed by atoms with E-state index in [0.29, 0.717) is 37.3 Å². The van der Waals surface area contributed by atoms with Gasteiger partial charge in [0, 0.05) is 17.2 Å². The van der Waals surface area contributed by atoms with Crippen LogP contribution in [0.5, 0.6) is 5.75 Å². The van der Waals surface area contributed by atoms with E-state index in [1.807, 2.05) is 4.57 Å². The van der Waals surface area contributed by atoms with Gasteiger partial charge in [-0.05, 0) is 37.5 Å². The number of fused-ring (bicyclic) bond motifs is 3. The lowest BCUT2D eigenvalue weighted by molar-refractivity contribution is -0.183. The predicted molar refractivity (Wildman–Crippen MR) is 92.4 cm³/mol. The monoisotopic (exact) mass is 379 g/mol. The average molecular weight is 379 g/mol. The summed E-state index contributed by atoms with van der Waals surface area (Å²) in [5.41, 5.74) is 2.02. The van der Waals surface area contributed by atoms with Crippen LogP contribution >= 0.6 is 0 Å². The Bertz CT molecular complexity index is 847. The molecule has 0 radical (unpaired) electrons. The quantitative estimate of drug-likeness (QED) is 0.864. The minimum atomic E-state index is -4.21. The predicted octanol–water partition coefficient (Wildman–Crippen LogP) is 3.79. The lowest BCUT2D eigenvalue weighted by Gasteiger charge is -2.31. The highest BCUT2D eigenvalue weighted by atomic mass is 19.4. The van der Waals surface area contributed by atoms with Gasteiger partial charge in [0.25, 0.3) is 5.91 Å². The van der Waals surface area contributed by atoms with Crippen LogP contribution in [0.3, 0.4) is 0 Å². The van der Waals surface area contributed by atoms with Gasteiger partial charge in [0.1, 0.15) is 12.4 Å². The maximum Gasteiger partial charge on any atom is 0.391 e. The number of aromatic nitrogens is 2. The van der Waals surface area contributed by atoms with Gasteiger partial charge in [0.2, 0.25) is 0 Å². The van der Waals surface area contributed by atoms with Crippen LogP contribution in [0.4, 0.5) is 13.2 Å². The summed E-state index contributed by atoms with van der Waals surface area (Å²) in [5, 5.41) is 2.78. The summed E-state index contributed by atoms with van der Waals surface area (Å²) in [7, 11) is 0. The van der Waals surface area contributed by atoms with E-state index in [2.05, 4.69) is 10.3 Å². The third-order valence-electron chi connectivity index (χ3n) is 5.29. The van der Waals surface area contributed by atoms with Crippen molar-refractivity contribution in [3.63, 3.8) is 0 Å². The molecular formula is C19H20F3N3O2. The van der Waals surface area contributed by atoms with E-state index in [1.165, 1.54) is 0 Å². The molecule has 1 aromatic carbocycles. The summed E-state index contributed by atoms with van der Waals surface area (Å²) >= 11 is 0. The van der Waals surface area contributed by atoms with Crippen molar-refractivity contribution in [2.45, 2.75) is 44.4 Å².